The van der Waals surface area contributed by atoms with Gasteiger partial charge in [0.05, 0.1) is 11.8 Å². The first kappa shape index (κ1) is 17.0. The van der Waals surface area contributed by atoms with Crippen LogP contribution in [0, 0.1) is 0 Å². The van der Waals surface area contributed by atoms with Crippen molar-refractivity contribution in [1.29, 1.82) is 0 Å². The zero-order valence-corrected chi connectivity index (χ0v) is 15.1. The van der Waals surface area contributed by atoms with Crippen LogP contribution in [0.5, 0.6) is 0 Å². The number of carbonyl (C=O) groups is 3. The van der Waals surface area contributed by atoms with E-state index in [-0.39, 0.29) is 34.3 Å². The van der Waals surface area contributed by atoms with Crippen LogP contribution < -0.4 is 0 Å². The molecule has 6 heteroatoms. The molecule has 0 aliphatic carbocycles. The molecule has 0 radical (unpaired) electrons. The first-order valence-electron chi connectivity index (χ1n) is 8.16. The minimum atomic E-state index is -0.186. The van der Waals surface area contributed by atoms with Crippen LogP contribution in [0.2, 0.25) is 0 Å². The van der Waals surface area contributed by atoms with Crippen molar-refractivity contribution < 1.29 is 14.4 Å². The first-order valence-corrected chi connectivity index (χ1v) is 9.14. The van der Waals surface area contributed by atoms with Crippen LogP contribution in [0.25, 0.3) is 0 Å². The van der Waals surface area contributed by atoms with Crippen molar-refractivity contribution in [3.63, 3.8) is 0 Å². The lowest BCUT2D eigenvalue weighted by Crippen LogP contribution is -2.41. The van der Waals surface area contributed by atoms with Crippen molar-refractivity contribution in [3.8, 4) is 0 Å². The van der Waals surface area contributed by atoms with Gasteiger partial charge in [-0.15, -0.1) is 0 Å². The van der Waals surface area contributed by atoms with Gasteiger partial charge in [0.15, 0.2) is 0 Å². The van der Waals surface area contributed by atoms with Crippen molar-refractivity contribution in [3.05, 3.63) is 35.4 Å². The van der Waals surface area contributed by atoms with Gasteiger partial charge in [-0.2, -0.15) is 0 Å². The summed E-state index contributed by atoms with van der Waals surface area (Å²) in [4.78, 5) is 39.4. The van der Waals surface area contributed by atoms with E-state index in [2.05, 4.69) is 20.8 Å². The second-order valence-electron chi connectivity index (χ2n) is 7.34. The molecule has 1 unspecified atom stereocenters. The van der Waals surface area contributed by atoms with E-state index >= 15 is 0 Å². The molecule has 0 N–H and O–H groups in total. The van der Waals surface area contributed by atoms with E-state index in [0.717, 1.165) is 11.8 Å². The van der Waals surface area contributed by atoms with Crippen LogP contribution in [0.1, 0.15) is 43.1 Å². The second-order valence-corrected chi connectivity index (χ2v) is 8.27. The Balaban J connectivity index is 1.68. The third-order valence-electron chi connectivity index (χ3n) is 4.60. The van der Waals surface area contributed by atoms with Crippen LogP contribution in [0.4, 0.5) is 4.79 Å². The zero-order valence-electron chi connectivity index (χ0n) is 14.2. The number of carbonyl (C=O) groups excluding carboxylic acids is 3. The van der Waals surface area contributed by atoms with E-state index in [9.17, 15) is 14.4 Å². The molecule has 1 aromatic carbocycles. The fourth-order valence-electron chi connectivity index (χ4n) is 3.15. The Morgan fingerprint density at radius 3 is 2.38 bits per heavy atom. The quantitative estimate of drug-likeness (QED) is 0.826. The maximum absolute atomic E-state index is 12.7. The number of rotatable bonds is 2. The monoisotopic (exact) mass is 346 g/mol. The summed E-state index contributed by atoms with van der Waals surface area (Å²) >= 11 is 1.04. The first-order chi connectivity index (χ1) is 11.3. The summed E-state index contributed by atoms with van der Waals surface area (Å²) in [6.07, 6.45) is 0.657. The number of hydrogen-bond donors (Lipinski definition) is 0. The summed E-state index contributed by atoms with van der Waals surface area (Å²) in [5.74, 6) is 0.0425. The number of imide groups is 1. The summed E-state index contributed by atoms with van der Waals surface area (Å²) < 4.78 is 0. The molecule has 0 spiro atoms. The molecule has 5 nitrogen and oxygen atoms in total. The lowest BCUT2D eigenvalue weighted by atomic mass is 9.86. The SMILES string of the molecule is CC(C)(C)c1ccc(C(=O)N2CCC(N3C(=O)CSC3=O)C2)cc1. The van der Waals surface area contributed by atoms with Gasteiger partial charge in [-0.25, -0.2) is 0 Å². The van der Waals surface area contributed by atoms with E-state index in [1.165, 1.54) is 10.5 Å². The van der Waals surface area contributed by atoms with Crippen molar-refractivity contribution in [2.24, 2.45) is 0 Å². The van der Waals surface area contributed by atoms with Gasteiger partial charge in [0.25, 0.3) is 11.1 Å². The average Bonchev–Trinajstić information content (AvgIpc) is 3.13. The maximum atomic E-state index is 12.7. The largest absolute Gasteiger partial charge is 0.336 e. The molecule has 1 atom stereocenters. The van der Waals surface area contributed by atoms with Gasteiger partial charge in [-0.05, 0) is 29.5 Å². The highest BCUT2D eigenvalue weighted by Crippen LogP contribution is 2.27. The van der Waals surface area contributed by atoms with Crippen LogP contribution >= 0.6 is 11.8 Å². The van der Waals surface area contributed by atoms with E-state index in [0.29, 0.717) is 25.1 Å². The maximum Gasteiger partial charge on any atom is 0.289 e. The molecule has 2 aliphatic rings. The summed E-state index contributed by atoms with van der Waals surface area (Å²) in [7, 11) is 0. The van der Waals surface area contributed by atoms with Gasteiger partial charge < -0.3 is 4.90 Å². The van der Waals surface area contributed by atoms with Gasteiger partial charge in [-0.1, -0.05) is 44.7 Å². The number of benzene rings is 1. The Morgan fingerprint density at radius 2 is 1.83 bits per heavy atom. The molecule has 0 bridgehead atoms. The van der Waals surface area contributed by atoms with Gasteiger partial charge in [0, 0.05) is 18.7 Å². The normalized spacial score (nSPS) is 21.7. The Kier molecular flexibility index (Phi) is 4.42. The van der Waals surface area contributed by atoms with Gasteiger partial charge >= 0.3 is 0 Å². The lowest BCUT2D eigenvalue weighted by molar-refractivity contribution is -0.126. The standard InChI is InChI=1S/C18H22N2O3S/c1-18(2,3)13-6-4-12(5-7-13)16(22)19-9-8-14(10-19)20-15(21)11-24-17(20)23/h4-7,14H,8-11H2,1-3H3. The topological polar surface area (TPSA) is 57.7 Å². The Hall–Kier alpha value is -1.82. The molecular weight excluding hydrogens is 324 g/mol. The zero-order chi connectivity index (χ0) is 17.5. The van der Waals surface area contributed by atoms with Crippen LogP contribution in [0.15, 0.2) is 24.3 Å². The van der Waals surface area contributed by atoms with Gasteiger partial charge in [-0.3, -0.25) is 19.3 Å². The predicted octanol–water partition coefficient (Wildman–Crippen LogP) is 2.89. The third kappa shape index (κ3) is 3.20. The molecule has 2 aliphatic heterocycles. The molecule has 128 valence electrons. The van der Waals surface area contributed by atoms with E-state index in [1.54, 1.807) is 4.90 Å². The Morgan fingerprint density at radius 1 is 1.17 bits per heavy atom. The highest BCUT2D eigenvalue weighted by molar-refractivity contribution is 8.14. The minimum Gasteiger partial charge on any atom is -0.336 e. The number of amides is 3. The van der Waals surface area contributed by atoms with Crippen molar-refractivity contribution in [2.75, 3.05) is 18.8 Å². The fraction of sp³-hybridized carbons (Fsp3) is 0.500. The van der Waals surface area contributed by atoms with Crippen LogP contribution in [-0.4, -0.2) is 51.7 Å². The summed E-state index contributed by atoms with van der Waals surface area (Å²) in [5, 5.41) is -0.186. The molecule has 3 amide bonds. The molecule has 24 heavy (non-hydrogen) atoms. The second kappa shape index (κ2) is 6.24. The molecule has 3 rings (SSSR count). The highest BCUT2D eigenvalue weighted by atomic mass is 32.2. The lowest BCUT2D eigenvalue weighted by Gasteiger charge is -2.22. The summed E-state index contributed by atoms with van der Waals surface area (Å²) in [5.41, 5.74) is 1.88. The molecule has 2 saturated heterocycles. The highest BCUT2D eigenvalue weighted by Gasteiger charge is 2.40. The number of nitrogens with zero attached hydrogens (tertiary/aromatic N) is 2. The van der Waals surface area contributed by atoms with Crippen LogP contribution in [-0.2, 0) is 10.2 Å². The summed E-state index contributed by atoms with van der Waals surface area (Å²) in [6, 6.07) is 7.52. The summed E-state index contributed by atoms with van der Waals surface area (Å²) in [6.45, 7) is 7.41. The van der Waals surface area contributed by atoms with E-state index in [4.69, 9.17) is 0 Å². The van der Waals surface area contributed by atoms with Crippen molar-refractivity contribution >= 4 is 28.8 Å². The van der Waals surface area contributed by atoms with Crippen molar-refractivity contribution in [1.82, 2.24) is 9.80 Å². The molecule has 0 saturated carbocycles. The predicted molar refractivity (Wildman–Crippen MR) is 94.2 cm³/mol. The fourth-order valence-corrected chi connectivity index (χ4v) is 3.93. The van der Waals surface area contributed by atoms with Crippen LogP contribution in [0.3, 0.4) is 0 Å². The average molecular weight is 346 g/mol. The molecule has 2 heterocycles. The number of thioether (sulfide) groups is 1. The van der Waals surface area contributed by atoms with Crippen molar-refractivity contribution in [2.45, 2.75) is 38.6 Å². The molecule has 2 fully saturated rings. The smallest absolute Gasteiger partial charge is 0.289 e. The number of likely N-dealkylation sites (tertiary alicyclic amines) is 1. The third-order valence-corrected chi connectivity index (χ3v) is 5.43. The number of hydrogen-bond acceptors (Lipinski definition) is 4. The van der Waals surface area contributed by atoms with Gasteiger partial charge in [0.2, 0.25) is 5.91 Å². The minimum absolute atomic E-state index is 0.0373. The Labute approximate surface area is 146 Å². The van der Waals surface area contributed by atoms with E-state index in [1.807, 2.05) is 24.3 Å². The molecule has 0 aromatic heterocycles. The van der Waals surface area contributed by atoms with E-state index < -0.39 is 0 Å². The Bertz CT molecular complexity index is 662. The molecule has 1 aromatic rings. The van der Waals surface area contributed by atoms with Gasteiger partial charge in [0.1, 0.15) is 0 Å². The molecular formula is C18H22N2O3S.